The summed E-state index contributed by atoms with van der Waals surface area (Å²) in [6.07, 6.45) is 0. The van der Waals surface area contributed by atoms with Crippen molar-refractivity contribution in [1.29, 1.82) is 0 Å². The van der Waals surface area contributed by atoms with E-state index in [1.807, 2.05) is 0 Å². The molecule has 0 saturated carbocycles. The molecule has 0 bridgehead atoms. The normalized spacial score (nSPS) is 18.5. The minimum absolute atomic E-state index is 0.101. The van der Waals surface area contributed by atoms with Crippen LogP contribution in [0.4, 0.5) is 10.5 Å². The van der Waals surface area contributed by atoms with Gasteiger partial charge >= 0.3 is 6.03 Å². The van der Waals surface area contributed by atoms with Gasteiger partial charge in [-0.15, -0.1) is 0 Å². The van der Waals surface area contributed by atoms with Gasteiger partial charge in [0, 0.05) is 5.69 Å². The molecule has 0 aromatic heterocycles. The van der Waals surface area contributed by atoms with Gasteiger partial charge in [-0.3, -0.25) is 10.2 Å². The average Bonchev–Trinajstić information content (AvgIpc) is 2.92. The quantitative estimate of drug-likeness (QED) is 0.524. The number of rotatable bonds is 5. The number of amides is 3. The molecule has 0 spiro atoms. The molecule has 8 nitrogen and oxygen atoms in total. The molecule has 1 aliphatic heterocycles. The number of benzene rings is 2. The Morgan fingerprint density at radius 2 is 1.75 bits per heavy atom. The zero-order valence-electron chi connectivity index (χ0n) is 15.6. The molecule has 1 aliphatic rings. The lowest BCUT2D eigenvalue weighted by atomic mass is 9.92. The third kappa shape index (κ3) is 3.70. The fraction of sp³-hybridized carbons (Fsp3) is 0.211. The Morgan fingerprint density at radius 3 is 2.39 bits per heavy atom. The Bertz CT molecular complexity index is 918. The SMILES string of the molecule is COc1ccc(NC(=S)NN2C(=O)NC(C)(c3cccc(OC)c3)C2=O)cc1. The van der Waals surface area contributed by atoms with E-state index in [0.29, 0.717) is 22.7 Å². The highest BCUT2D eigenvalue weighted by Crippen LogP contribution is 2.30. The van der Waals surface area contributed by atoms with E-state index < -0.39 is 17.5 Å². The second-order valence-electron chi connectivity index (χ2n) is 6.22. The van der Waals surface area contributed by atoms with E-state index in [9.17, 15) is 9.59 Å². The lowest BCUT2D eigenvalue weighted by Gasteiger charge is -2.23. The van der Waals surface area contributed by atoms with Gasteiger partial charge in [0.25, 0.3) is 5.91 Å². The standard InChI is InChI=1S/C19H20N4O4S/c1-19(12-5-4-6-15(11-12)27-3)16(24)23(18(25)21-19)22-17(28)20-13-7-9-14(26-2)10-8-13/h4-11H,1-3H3,(H,21,25)(H2,20,22,28). The van der Waals surface area contributed by atoms with E-state index in [1.165, 1.54) is 7.11 Å². The van der Waals surface area contributed by atoms with Gasteiger partial charge in [0.2, 0.25) is 0 Å². The number of imide groups is 1. The summed E-state index contributed by atoms with van der Waals surface area (Å²) >= 11 is 5.22. The Hall–Kier alpha value is -3.33. The zero-order chi connectivity index (χ0) is 20.3. The summed E-state index contributed by atoms with van der Waals surface area (Å²) in [5.74, 6) is 0.807. The third-order valence-corrected chi connectivity index (χ3v) is 4.59. The summed E-state index contributed by atoms with van der Waals surface area (Å²) in [6, 6.07) is 13.4. The summed E-state index contributed by atoms with van der Waals surface area (Å²) in [5.41, 5.74) is 2.68. The first-order chi connectivity index (χ1) is 13.4. The number of methoxy groups -OCH3 is 2. The van der Waals surface area contributed by atoms with Crippen molar-refractivity contribution < 1.29 is 19.1 Å². The number of carbonyl (C=O) groups excluding carboxylic acids is 2. The van der Waals surface area contributed by atoms with E-state index in [4.69, 9.17) is 21.7 Å². The number of nitrogens with zero attached hydrogens (tertiary/aromatic N) is 1. The van der Waals surface area contributed by atoms with Crippen LogP contribution in [-0.4, -0.2) is 36.3 Å². The van der Waals surface area contributed by atoms with E-state index in [2.05, 4.69) is 16.1 Å². The molecule has 9 heteroatoms. The van der Waals surface area contributed by atoms with Gasteiger partial charge in [-0.2, -0.15) is 5.01 Å². The zero-order valence-corrected chi connectivity index (χ0v) is 16.4. The first kappa shape index (κ1) is 19.4. The number of ether oxygens (including phenoxy) is 2. The van der Waals surface area contributed by atoms with E-state index in [0.717, 1.165) is 5.01 Å². The smallest absolute Gasteiger partial charge is 0.344 e. The van der Waals surface area contributed by atoms with E-state index in [-0.39, 0.29) is 5.11 Å². The largest absolute Gasteiger partial charge is 0.497 e. The number of thiocarbonyl (C=S) groups is 1. The van der Waals surface area contributed by atoms with Crippen molar-refractivity contribution in [3.05, 3.63) is 54.1 Å². The molecule has 146 valence electrons. The van der Waals surface area contributed by atoms with Crippen LogP contribution < -0.4 is 25.5 Å². The number of anilines is 1. The maximum absolute atomic E-state index is 12.9. The molecule has 0 radical (unpaired) electrons. The third-order valence-electron chi connectivity index (χ3n) is 4.40. The fourth-order valence-corrected chi connectivity index (χ4v) is 3.01. The summed E-state index contributed by atoms with van der Waals surface area (Å²) < 4.78 is 10.3. The van der Waals surface area contributed by atoms with E-state index >= 15 is 0 Å². The maximum Gasteiger partial charge on any atom is 0.344 e. The van der Waals surface area contributed by atoms with Crippen molar-refractivity contribution in [2.75, 3.05) is 19.5 Å². The molecule has 28 heavy (non-hydrogen) atoms. The van der Waals surface area contributed by atoms with Crippen molar-refractivity contribution in [2.45, 2.75) is 12.5 Å². The van der Waals surface area contributed by atoms with Crippen LogP contribution in [-0.2, 0) is 10.3 Å². The highest BCUT2D eigenvalue weighted by molar-refractivity contribution is 7.80. The van der Waals surface area contributed by atoms with Gasteiger partial charge in [0.15, 0.2) is 5.11 Å². The molecule has 3 N–H and O–H groups in total. The number of hydrazine groups is 1. The second-order valence-corrected chi connectivity index (χ2v) is 6.63. The fourth-order valence-electron chi connectivity index (χ4n) is 2.81. The molecule has 2 aromatic carbocycles. The van der Waals surface area contributed by atoms with Crippen LogP contribution in [0.5, 0.6) is 11.5 Å². The Labute approximate surface area is 167 Å². The Kier molecular flexibility index (Phi) is 5.36. The molecule has 1 fully saturated rings. The maximum atomic E-state index is 12.9. The van der Waals surface area contributed by atoms with Crippen LogP contribution in [0.15, 0.2) is 48.5 Å². The highest BCUT2D eigenvalue weighted by Gasteiger charge is 2.50. The monoisotopic (exact) mass is 400 g/mol. The van der Waals surface area contributed by atoms with Gasteiger partial charge < -0.3 is 20.1 Å². The highest BCUT2D eigenvalue weighted by atomic mass is 32.1. The Balaban J connectivity index is 1.73. The Morgan fingerprint density at radius 1 is 1.07 bits per heavy atom. The van der Waals surface area contributed by atoms with Crippen molar-refractivity contribution in [3.8, 4) is 11.5 Å². The number of hydrogen-bond acceptors (Lipinski definition) is 5. The first-order valence-corrected chi connectivity index (χ1v) is 8.81. The topological polar surface area (TPSA) is 91.9 Å². The minimum atomic E-state index is -1.24. The molecule has 3 rings (SSSR count). The summed E-state index contributed by atoms with van der Waals surface area (Å²) in [4.78, 5) is 25.3. The van der Waals surface area contributed by atoms with Gasteiger partial charge in [0.05, 0.1) is 14.2 Å². The molecule has 0 aliphatic carbocycles. The summed E-state index contributed by atoms with van der Waals surface area (Å²) in [5, 5.41) is 6.57. The van der Waals surface area contributed by atoms with Crippen molar-refractivity contribution in [2.24, 2.45) is 0 Å². The summed E-state index contributed by atoms with van der Waals surface area (Å²) in [7, 11) is 3.11. The van der Waals surface area contributed by atoms with Gasteiger partial charge in [0.1, 0.15) is 17.0 Å². The van der Waals surface area contributed by atoms with E-state index in [1.54, 1.807) is 62.6 Å². The molecule has 1 saturated heterocycles. The van der Waals surface area contributed by atoms with Crippen molar-refractivity contribution in [1.82, 2.24) is 15.8 Å². The van der Waals surface area contributed by atoms with Crippen LogP contribution in [0.3, 0.4) is 0 Å². The first-order valence-electron chi connectivity index (χ1n) is 8.40. The number of nitrogens with one attached hydrogen (secondary N) is 3. The van der Waals surface area contributed by atoms with Gasteiger partial charge in [-0.1, -0.05) is 12.1 Å². The van der Waals surface area contributed by atoms with Crippen molar-refractivity contribution >= 4 is 35.0 Å². The van der Waals surface area contributed by atoms with Gasteiger partial charge in [-0.05, 0) is 61.1 Å². The average molecular weight is 400 g/mol. The van der Waals surface area contributed by atoms with Crippen LogP contribution in [0.25, 0.3) is 0 Å². The molecular weight excluding hydrogens is 380 g/mol. The van der Waals surface area contributed by atoms with Gasteiger partial charge in [-0.25, -0.2) is 4.79 Å². The molecular formula is C19H20N4O4S. The molecule has 1 unspecified atom stereocenters. The molecule has 3 amide bonds. The number of hydrogen-bond donors (Lipinski definition) is 3. The van der Waals surface area contributed by atoms with Crippen LogP contribution >= 0.6 is 12.2 Å². The van der Waals surface area contributed by atoms with Crippen LogP contribution in [0.1, 0.15) is 12.5 Å². The van der Waals surface area contributed by atoms with Crippen LogP contribution in [0.2, 0.25) is 0 Å². The second kappa shape index (κ2) is 7.73. The predicted octanol–water partition coefficient (Wildman–Crippen LogP) is 2.37. The number of carbonyl (C=O) groups is 2. The van der Waals surface area contributed by atoms with Crippen molar-refractivity contribution in [3.63, 3.8) is 0 Å². The molecule has 1 atom stereocenters. The molecule has 2 aromatic rings. The lowest BCUT2D eigenvalue weighted by molar-refractivity contribution is -0.132. The molecule has 1 heterocycles. The van der Waals surface area contributed by atoms with Crippen LogP contribution in [0, 0.1) is 0 Å². The summed E-state index contributed by atoms with van der Waals surface area (Å²) in [6.45, 7) is 1.63. The lowest BCUT2D eigenvalue weighted by Crippen LogP contribution is -2.49. The predicted molar refractivity (Wildman–Crippen MR) is 108 cm³/mol. The minimum Gasteiger partial charge on any atom is -0.497 e. The number of urea groups is 1.